The van der Waals surface area contributed by atoms with Crippen LogP contribution in [0, 0.1) is 0 Å². The van der Waals surface area contributed by atoms with Crippen molar-refractivity contribution >= 4 is 33.1 Å². The zero-order valence-corrected chi connectivity index (χ0v) is 11.6. The molecule has 1 aliphatic rings. The fourth-order valence-electron chi connectivity index (χ4n) is 1.91. The lowest BCUT2D eigenvalue weighted by Crippen LogP contribution is -2.29. The molecule has 0 radical (unpaired) electrons. The fraction of sp³-hybridized carbons (Fsp3) is 0.0909. The molecule has 1 fully saturated rings. The van der Waals surface area contributed by atoms with E-state index in [0.29, 0.717) is 0 Å². The number of aromatic nitrogens is 1. The van der Waals surface area contributed by atoms with Crippen molar-refractivity contribution < 1.29 is 18.3 Å². The number of nitrogens with zero attached hydrogens (tertiary/aromatic N) is 2. The Labute approximate surface area is 118 Å². The maximum absolute atomic E-state index is 11.7. The molecule has 2 N–H and O–H groups in total. The van der Waals surface area contributed by atoms with Crippen LogP contribution >= 0.6 is 11.3 Å². The van der Waals surface area contributed by atoms with Gasteiger partial charge in [0.05, 0.1) is 16.1 Å². The third kappa shape index (κ3) is 2.10. The van der Waals surface area contributed by atoms with Gasteiger partial charge in [0.25, 0.3) is 5.91 Å². The standard InChI is InChI=1S/C11H9N3O4S2/c15-9-3-7(10-4-12-6-19-10)1-2-8(9)14-5-11(16)13-20(14,17)18/h1-4,6,15H,5H2,(H,13,16). The van der Waals surface area contributed by atoms with E-state index in [1.165, 1.54) is 23.5 Å². The van der Waals surface area contributed by atoms with Gasteiger partial charge in [-0.1, -0.05) is 6.07 Å². The van der Waals surface area contributed by atoms with Crippen LogP contribution in [0.5, 0.6) is 5.75 Å². The summed E-state index contributed by atoms with van der Waals surface area (Å²) in [5.41, 5.74) is 2.45. The van der Waals surface area contributed by atoms with Crippen LogP contribution in [-0.4, -0.2) is 31.0 Å². The first-order valence-electron chi connectivity index (χ1n) is 5.52. The smallest absolute Gasteiger partial charge is 0.326 e. The summed E-state index contributed by atoms with van der Waals surface area (Å²) in [4.78, 5) is 16.0. The van der Waals surface area contributed by atoms with Gasteiger partial charge in [-0.05, 0) is 17.7 Å². The first kappa shape index (κ1) is 12.9. The summed E-state index contributed by atoms with van der Waals surface area (Å²) in [7, 11) is -3.91. The largest absolute Gasteiger partial charge is 0.506 e. The average molecular weight is 311 g/mol. The molecule has 0 aliphatic carbocycles. The van der Waals surface area contributed by atoms with E-state index in [9.17, 15) is 18.3 Å². The molecule has 104 valence electrons. The number of benzene rings is 1. The lowest BCUT2D eigenvalue weighted by Gasteiger charge is -2.16. The third-order valence-corrected chi connectivity index (χ3v) is 4.99. The lowest BCUT2D eigenvalue weighted by atomic mass is 10.1. The molecule has 1 saturated heterocycles. The Balaban J connectivity index is 2.02. The van der Waals surface area contributed by atoms with Crippen molar-refractivity contribution in [2.45, 2.75) is 0 Å². The number of phenolic OH excluding ortho intramolecular Hbond substituents is 1. The molecule has 1 amide bonds. The number of amides is 1. The van der Waals surface area contributed by atoms with Gasteiger partial charge in [-0.3, -0.25) is 9.78 Å². The summed E-state index contributed by atoms with van der Waals surface area (Å²) >= 11 is 1.40. The second kappa shape index (κ2) is 4.46. The van der Waals surface area contributed by atoms with Crippen LogP contribution in [0.3, 0.4) is 0 Å². The molecule has 0 spiro atoms. The number of nitrogens with one attached hydrogen (secondary N) is 1. The molecule has 0 bridgehead atoms. The van der Waals surface area contributed by atoms with Crippen LogP contribution in [0.2, 0.25) is 0 Å². The molecule has 1 aromatic carbocycles. The summed E-state index contributed by atoms with van der Waals surface area (Å²) in [6, 6.07) is 4.57. The second-order valence-corrected chi connectivity index (χ2v) is 6.59. The molecule has 3 rings (SSSR count). The Hall–Kier alpha value is -2.13. The number of hydrogen-bond acceptors (Lipinski definition) is 6. The third-order valence-electron chi connectivity index (χ3n) is 2.78. The van der Waals surface area contributed by atoms with Gasteiger partial charge < -0.3 is 5.11 Å². The normalized spacial score (nSPS) is 17.2. The van der Waals surface area contributed by atoms with E-state index in [1.807, 2.05) is 4.72 Å². The van der Waals surface area contributed by atoms with Gasteiger partial charge in [0.1, 0.15) is 12.3 Å². The minimum atomic E-state index is -3.91. The Morgan fingerprint density at radius 3 is 2.75 bits per heavy atom. The van der Waals surface area contributed by atoms with Gasteiger partial charge in [-0.25, -0.2) is 9.03 Å². The Morgan fingerprint density at radius 2 is 2.20 bits per heavy atom. The summed E-state index contributed by atoms with van der Waals surface area (Å²) in [6.45, 7) is -0.338. The number of rotatable bonds is 2. The predicted octanol–water partition coefficient (Wildman–Crippen LogP) is 0.697. The van der Waals surface area contributed by atoms with E-state index in [2.05, 4.69) is 4.98 Å². The predicted molar refractivity (Wildman–Crippen MR) is 73.6 cm³/mol. The summed E-state index contributed by atoms with van der Waals surface area (Å²) in [5.74, 6) is -0.841. The van der Waals surface area contributed by atoms with Crippen molar-refractivity contribution in [2.24, 2.45) is 0 Å². The van der Waals surface area contributed by atoms with E-state index >= 15 is 0 Å². The van der Waals surface area contributed by atoms with Crippen LogP contribution < -0.4 is 9.03 Å². The highest BCUT2D eigenvalue weighted by Gasteiger charge is 2.35. The number of carbonyl (C=O) groups is 1. The highest BCUT2D eigenvalue weighted by molar-refractivity contribution is 7.92. The first-order valence-corrected chi connectivity index (χ1v) is 7.84. The van der Waals surface area contributed by atoms with Crippen molar-refractivity contribution in [3.05, 3.63) is 29.9 Å². The van der Waals surface area contributed by atoms with Gasteiger partial charge >= 0.3 is 10.2 Å². The van der Waals surface area contributed by atoms with Crippen LogP contribution in [0.1, 0.15) is 0 Å². The molecule has 2 heterocycles. The topological polar surface area (TPSA) is 99.6 Å². The lowest BCUT2D eigenvalue weighted by molar-refractivity contribution is -0.117. The molecule has 2 aromatic rings. The highest BCUT2D eigenvalue weighted by Crippen LogP contribution is 2.35. The number of anilines is 1. The number of carbonyl (C=O) groups excluding carboxylic acids is 1. The van der Waals surface area contributed by atoms with E-state index in [0.717, 1.165) is 14.7 Å². The number of hydrogen-bond donors (Lipinski definition) is 2. The maximum atomic E-state index is 11.7. The Kier molecular flexibility index (Phi) is 2.87. The molecule has 0 unspecified atom stereocenters. The van der Waals surface area contributed by atoms with E-state index in [1.54, 1.807) is 17.8 Å². The molecule has 7 nitrogen and oxygen atoms in total. The van der Waals surface area contributed by atoms with Gasteiger partial charge in [0.15, 0.2) is 0 Å². The molecule has 9 heteroatoms. The van der Waals surface area contributed by atoms with Crippen LogP contribution in [0.25, 0.3) is 10.4 Å². The highest BCUT2D eigenvalue weighted by atomic mass is 32.2. The van der Waals surface area contributed by atoms with Crippen LogP contribution in [0.15, 0.2) is 29.9 Å². The SMILES string of the molecule is O=C1CN(c2ccc(-c3cncs3)cc2O)S(=O)(=O)N1. The Morgan fingerprint density at radius 1 is 1.40 bits per heavy atom. The van der Waals surface area contributed by atoms with Gasteiger partial charge in [-0.15, -0.1) is 11.3 Å². The van der Waals surface area contributed by atoms with Crippen LogP contribution in [-0.2, 0) is 15.0 Å². The molecular weight excluding hydrogens is 302 g/mol. The van der Waals surface area contributed by atoms with E-state index < -0.39 is 16.1 Å². The summed E-state index contributed by atoms with van der Waals surface area (Å²) < 4.78 is 26.1. The molecule has 1 aromatic heterocycles. The molecular formula is C11H9N3O4S2. The molecule has 1 aliphatic heterocycles. The fourth-order valence-corrected chi connectivity index (χ4v) is 3.69. The average Bonchev–Trinajstić information content (AvgIpc) is 2.97. The zero-order chi connectivity index (χ0) is 14.3. The minimum Gasteiger partial charge on any atom is -0.506 e. The summed E-state index contributed by atoms with van der Waals surface area (Å²) in [5, 5.41) is 10.0. The van der Waals surface area contributed by atoms with Gasteiger partial charge in [0.2, 0.25) is 0 Å². The molecule has 0 atom stereocenters. The first-order chi connectivity index (χ1) is 9.47. The number of phenols is 1. The van der Waals surface area contributed by atoms with Crippen molar-refractivity contribution in [3.63, 3.8) is 0 Å². The Bertz CT molecular complexity index is 771. The monoisotopic (exact) mass is 311 g/mol. The molecule has 0 saturated carbocycles. The molecule has 20 heavy (non-hydrogen) atoms. The quantitative estimate of drug-likeness (QED) is 0.850. The van der Waals surface area contributed by atoms with Crippen molar-refractivity contribution in [3.8, 4) is 16.2 Å². The number of thiazole rings is 1. The zero-order valence-electron chi connectivity index (χ0n) is 9.98. The maximum Gasteiger partial charge on any atom is 0.326 e. The number of aromatic hydroxyl groups is 1. The van der Waals surface area contributed by atoms with Crippen molar-refractivity contribution in [1.82, 2.24) is 9.71 Å². The van der Waals surface area contributed by atoms with Crippen LogP contribution in [0.4, 0.5) is 5.69 Å². The van der Waals surface area contributed by atoms with Crippen molar-refractivity contribution in [2.75, 3.05) is 10.8 Å². The summed E-state index contributed by atoms with van der Waals surface area (Å²) in [6.07, 6.45) is 1.65. The van der Waals surface area contributed by atoms with E-state index in [4.69, 9.17) is 0 Å². The second-order valence-electron chi connectivity index (χ2n) is 4.11. The minimum absolute atomic E-state index is 0.0663. The van der Waals surface area contributed by atoms with Gasteiger partial charge in [-0.2, -0.15) is 8.42 Å². The van der Waals surface area contributed by atoms with Crippen molar-refractivity contribution in [1.29, 1.82) is 0 Å². The van der Waals surface area contributed by atoms with E-state index in [-0.39, 0.29) is 18.0 Å². The van der Waals surface area contributed by atoms with Gasteiger partial charge in [0, 0.05) is 6.20 Å².